The fourth-order valence-electron chi connectivity index (χ4n) is 3.77. The number of rotatable bonds is 3. The molecule has 7 heteroatoms. The Bertz CT molecular complexity index is 929. The standard InChI is InChI=1S/C22H22N4O3/c23-15-17-6-8-19(9-7-17)24-21(28)25-12-10-22(11-13-25)14-20(27)26(29-22)16-18-4-2-1-3-5-18/h1-9H,10-14,16H2,(H,24,28). The van der Waals surface area contributed by atoms with E-state index in [1.165, 1.54) is 5.06 Å². The average molecular weight is 390 g/mol. The Morgan fingerprint density at radius 1 is 1.10 bits per heavy atom. The fraction of sp³-hybridized carbons (Fsp3) is 0.318. The van der Waals surface area contributed by atoms with E-state index in [2.05, 4.69) is 11.4 Å². The molecule has 0 aliphatic carbocycles. The second kappa shape index (κ2) is 7.94. The van der Waals surface area contributed by atoms with Crippen molar-refractivity contribution in [1.29, 1.82) is 5.26 Å². The van der Waals surface area contributed by atoms with E-state index in [1.807, 2.05) is 30.3 Å². The zero-order chi connectivity index (χ0) is 20.3. The van der Waals surface area contributed by atoms with Crippen LogP contribution in [-0.4, -0.2) is 40.6 Å². The minimum absolute atomic E-state index is 0.00987. The highest BCUT2D eigenvalue weighted by Gasteiger charge is 2.47. The maximum atomic E-state index is 12.5. The number of hydrogen-bond acceptors (Lipinski definition) is 4. The van der Waals surface area contributed by atoms with Crippen LogP contribution in [0.1, 0.15) is 30.4 Å². The molecule has 29 heavy (non-hydrogen) atoms. The van der Waals surface area contributed by atoms with Crippen LogP contribution in [0.15, 0.2) is 54.6 Å². The van der Waals surface area contributed by atoms with E-state index in [0.29, 0.717) is 50.1 Å². The molecule has 0 saturated carbocycles. The molecule has 2 aliphatic heterocycles. The van der Waals surface area contributed by atoms with Gasteiger partial charge in [0.2, 0.25) is 5.91 Å². The average Bonchev–Trinajstić information content (AvgIpc) is 3.04. The van der Waals surface area contributed by atoms with Gasteiger partial charge in [0.05, 0.1) is 24.6 Å². The Balaban J connectivity index is 1.32. The number of amides is 3. The molecule has 0 unspecified atom stereocenters. The summed E-state index contributed by atoms with van der Waals surface area (Å²) in [5.41, 5.74) is 1.70. The summed E-state index contributed by atoms with van der Waals surface area (Å²) >= 11 is 0. The molecule has 2 aliphatic rings. The smallest absolute Gasteiger partial charge is 0.321 e. The maximum absolute atomic E-state index is 12.5. The zero-order valence-electron chi connectivity index (χ0n) is 16.0. The van der Waals surface area contributed by atoms with Gasteiger partial charge in [-0.25, -0.2) is 9.86 Å². The Labute approximate surface area is 169 Å². The number of likely N-dealkylation sites (tertiary alicyclic amines) is 1. The first-order valence-electron chi connectivity index (χ1n) is 9.66. The number of hydroxylamine groups is 2. The van der Waals surface area contributed by atoms with Gasteiger partial charge in [-0.2, -0.15) is 5.26 Å². The Morgan fingerprint density at radius 3 is 2.45 bits per heavy atom. The normalized spacial score (nSPS) is 18.0. The second-order valence-electron chi connectivity index (χ2n) is 7.47. The lowest BCUT2D eigenvalue weighted by atomic mass is 9.89. The van der Waals surface area contributed by atoms with Crippen molar-refractivity contribution in [2.75, 3.05) is 18.4 Å². The number of carbonyl (C=O) groups is 2. The van der Waals surface area contributed by atoms with Crippen LogP contribution in [0.25, 0.3) is 0 Å². The van der Waals surface area contributed by atoms with E-state index in [-0.39, 0.29) is 11.9 Å². The van der Waals surface area contributed by atoms with Gasteiger partial charge in [0.25, 0.3) is 0 Å². The first kappa shape index (κ1) is 19.0. The molecule has 0 radical (unpaired) electrons. The Hall–Kier alpha value is -3.37. The molecule has 148 valence electrons. The van der Waals surface area contributed by atoms with Gasteiger partial charge in [-0.05, 0) is 42.7 Å². The third-order valence-corrected chi connectivity index (χ3v) is 5.45. The molecule has 1 N–H and O–H groups in total. The van der Waals surface area contributed by atoms with Crippen molar-refractivity contribution in [2.24, 2.45) is 0 Å². The van der Waals surface area contributed by atoms with Crippen LogP contribution in [0.3, 0.4) is 0 Å². The van der Waals surface area contributed by atoms with Crippen molar-refractivity contribution < 1.29 is 14.4 Å². The minimum Gasteiger partial charge on any atom is -0.324 e. The number of carbonyl (C=O) groups excluding carboxylic acids is 2. The molecule has 0 atom stereocenters. The second-order valence-corrected chi connectivity index (χ2v) is 7.47. The molecule has 2 saturated heterocycles. The van der Waals surface area contributed by atoms with Gasteiger partial charge >= 0.3 is 6.03 Å². The highest BCUT2D eigenvalue weighted by atomic mass is 16.7. The molecule has 7 nitrogen and oxygen atoms in total. The van der Waals surface area contributed by atoms with Crippen LogP contribution in [0.2, 0.25) is 0 Å². The summed E-state index contributed by atoms with van der Waals surface area (Å²) in [5.74, 6) is -0.00987. The summed E-state index contributed by atoms with van der Waals surface area (Å²) in [7, 11) is 0. The number of nitriles is 1. The summed E-state index contributed by atoms with van der Waals surface area (Å²) < 4.78 is 0. The van der Waals surface area contributed by atoms with E-state index in [0.717, 1.165) is 5.56 Å². The number of urea groups is 1. The van der Waals surface area contributed by atoms with Crippen LogP contribution < -0.4 is 5.32 Å². The van der Waals surface area contributed by atoms with E-state index in [1.54, 1.807) is 29.2 Å². The van der Waals surface area contributed by atoms with E-state index >= 15 is 0 Å². The van der Waals surface area contributed by atoms with Gasteiger partial charge in [-0.3, -0.25) is 9.63 Å². The van der Waals surface area contributed by atoms with Crippen LogP contribution in [-0.2, 0) is 16.2 Å². The number of anilines is 1. The number of piperidine rings is 1. The summed E-state index contributed by atoms with van der Waals surface area (Å²) in [4.78, 5) is 32.8. The van der Waals surface area contributed by atoms with Crippen LogP contribution >= 0.6 is 0 Å². The van der Waals surface area contributed by atoms with Crippen molar-refractivity contribution in [3.05, 3.63) is 65.7 Å². The van der Waals surface area contributed by atoms with Crippen molar-refractivity contribution >= 4 is 17.6 Å². The molecule has 3 amide bonds. The molecule has 0 aromatic heterocycles. The summed E-state index contributed by atoms with van der Waals surface area (Å²) in [6.07, 6.45) is 1.58. The number of benzene rings is 2. The van der Waals surface area contributed by atoms with Gasteiger partial charge in [0.15, 0.2) is 0 Å². The third-order valence-electron chi connectivity index (χ3n) is 5.45. The van der Waals surface area contributed by atoms with E-state index in [9.17, 15) is 9.59 Å². The van der Waals surface area contributed by atoms with E-state index < -0.39 is 5.60 Å². The molecule has 2 fully saturated rings. The quantitative estimate of drug-likeness (QED) is 0.871. The zero-order valence-corrected chi connectivity index (χ0v) is 16.0. The lowest BCUT2D eigenvalue weighted by molar-refractivity contribution is -0.212. The molecular weight excluding hydrogens is 368 g/mol. The largest absolute Gasteiger partial charge is 0.324 e. The molecule has 0 bridgehead atoms. The SMILES string of the molecule is N#Cc1ccc(NC(=O)N2CCC3(CC2)CC(=O)N(Cc2ccccc2)O3)cc1. The van der Waals surface area contributed by atoms with Crippen LogP contribution in [0.5, 0.6) is 0 Å². The third kappa shape index (κ3) is 4.23. The molecule has 2 aromatic carbocycles. The molecular formula is C22H22N4O3. The highest BCUT2D eigenvalue weighted by molar-refractivity contribution is 5.89. The topological polar surface area (TPSA) is 85.7 Å². The van der Waals surface area contributed by atoms with Crippen molar-refractivity contribution in [2.45, 2.75) is 31.4 Å². The summed E-state index contributed by atoms with van der Waals surface area (Å²) in [6.45, 7) is 1.48. The van der Waals surface area contributed by atoms with Crippen molar-refractivity contribution in [3.63, 3.8) is 0 Å². The summed E-state index contributed by atoms with van der Waals surface area (Å²) in [5, 5.41) is 13.2. The number of hydrogen-bond donors (Lipinski definition) is 1. The van der Waals surface area contributed by atoms with Gasteiger partial charge in [0, 0.05) is 18.8 Å². The highest BCUT2D eigenvalue weighted by Crippen LogP contribution is 2.37. The number of nitrogens with zero attached hydrogens (tertiary/aromatic N) is 3. The van der Waals surface area contributed by atoms with Crippen molar-refractivity contribution in [1.82, 2.24) is 9.96 Å². The van der Waals surface area contributed by atoms with Crippen LogP contribution in [0, 0.1) is 11.3 Å². The van der Waals surface area contributed by atoms with Gasteiger partial charge < -0.3 is 10.2 Å². The maximum Gasteiger partial charge on any atom is 0.321 e. The van der Waals surface area contributed by atoms with Crippen LogP contribution in [0.4, 0.5) is 10.5 Å². The van der Waals surface area contributed by atoms with E-state index in [4.69, 9.17) is 10.1 Å². The minimum atomic E-state index is -0.517. The van der Waals surface area contributed by atoms with Gasteiger partial charge in [-0.1, -0.05) is 30.3 Å². The molecule has 4 rings (SSSR count). The van der Waals surface area contributed by atoms with Crippen molar-refractivity contribution in [3.8, 4) is 6.07 Å². The first-order chi connectivity index (χ1) is 14.1. The lowest BCUT2D eigenvalue weighted by Crippen LogP contribution is -2.48. The summed E-state index contributed by atoms with van der Waals surface area (Å²) in [6, 6.07) is 18.4. The Kier molecular flexibility index (Phi) is 5.19. The van der Waals surface area contributed by atoms with Gasteiger partial charge in [0.1, 0.15) is 5.60 Å². The monoisotopic (exact) mass is 390 g/mol. The molecule has 2 aromatic rings. The van der Waals surface area contributed by atoms with Gasteiger partial charge in [-0.15, -0.1) is 0 Å². The number of nitrogens with one attached hydrogen (secondary N) is 1. The Morgan fingerprint density at radius 2 is 1.79 bits per heavy atom. The first-order valence-corrected chi connectivity index (χ1v) is 9.66. The molecule has 1 spiro atoms. The fourth-order valence-corrected chi connectivity index (χ4v) is 3.77. The predicted octanol–water partition coefficient (Wildman–Crippen LogP) is 3.29. The predicted molar refractivity (Wildman–Crippen MR) is 106 cm³/mol. The lowest BCUT2D eigenvalue weighted by Gasteiger charge is -2.37. The molecule has 2 heterocycles.